The van der Waals surface area contributed by atoms with Crippen molar-refractivity contribution in [2.45, 2.75) is 26.7 Å². The highest BCUT2D eigenvalue weighted by atomic mass is 32.2. The summed E-state index contributed by atoms with van der Waals surface area (Å²) in [5, 5.41) is 5.80. The Hall–Kier alpha value is -3.25. The molecule has 3 rings (SSSR count). The SMILES string of the molecule is CCONC(=O)c1cnc(NC(=O)C2CC2)cc1Nc1ccc(C)nc1N(C)S(C)(=O)=O. The first kappa shape index (κ1) is 23.4. The molecule has 0 spiro atoms. The number of hydrogen-bond acceptors (Lipinski definition) is 8. The van der Waals surface area contributed by atoms with Crippen LogP contribution in [0.4, 0.5) is 23.0 Å². The second kappa shape index (κ2) is 9.49. The summed E-state index contributed by atoms with van der Waals surface area (Å²) < 4.78 is 25.3. The zero-order valence-corrected chi connectivity index (χ0v) is 19.1. The van der Waals surface area contributed by atoms with Crippen LogP contribution in [0.15, 0.2) is 24.4 Å². The first-order valence-corrected chi connectivity index (χ1v) is 11.9. The van der Waals surface area contributed by atoms with Gasteiger partial charge in [-0.3, -0.25) is 18.7 Å². The maximum Gasteiger partial charge on any atom is 0.278 e. The molecule has 1 saturated carbocycles. The van der Waals surface area contributed by atoms with Crippen LogP contribution in [0.5, 0.6) is 0 Å². The van der Waals surface area contributed by atoms with E-state index in [0.717, 1.165) is 23.4 Å². The Balaban J connectivity index is 2.00. The van der Waals surface area contributed by atoms with E-state index in [4.69, 9.17) is 4.84 Å². The second-order valence-electron chi connectivity index (χ2n) is 7.42. The van der Waals surface area contributed by atoms with E-state index in [2.05, 4.69) is 26.1 Å². The highest BCUT2D eigenvalue weighted by Crippen LogP contribution is 2.32. The summed E-state index contributed by atoms with van der Waals surface area (Å²) in [4.78, 5) is 38.2. The van der Waals surface area contributed by atoms with E-state index in [0.29, 0.717) is 11.4 Å². The number of aryl methyl sites for hydroxylation is 1. The highest BCUT2D eigenvalue weighted by molar-refractivity contribution is 7.92. The number of sulfonamides is 1. The summed E-state index contributed by atoms with van der Waals surface area (Å²) in [6.45, 7) is 3.73. The molecular weight excluding hydrogens is 436 g/mol. The van der Waals surface area contributed by atoms with Crippen molar-refractivity contribution < 1.29 is 22.8 Å². The molecule has 2 heterocycles. The Morgan fingerprint density at radius 1 is 1.25 bits per heavy atom. The Kier molecular flexibility index (Phi) is 6.94. The molecule has 0 bridgehead atoms. The van der Waals surface area contributed by atoms with E-state index in [1.54, 1.807) is 26.0 Å². The third-order valence-corrected chi connectivity index (χ3v) is 5.90. The van der Waals surface area contributed by atoms with Crippen molar-refractivity contribution in [3.05, 3.63) is 35.7 Å². The molecule has 2 amide bonds. The molecule has 12 heteroatoms. The van der Waals surface area contributed by atoms with Crippen LogP contribution in [-0.4, -0.2) is 50.1 Å². The quantitative estimate of drug-likeness (QED) is 0.480. The largest absolute Gasteiger partial charge is 0.352 e. The van der Waals surface area contributed by atoms with Crippen LogP contribution in [-0.2, 0) is 19.7 Å². The van der Waals surface area contributed by atoms with Crippen LogP contribution in [0.3, 0.4) is 0 Å². The topological polar surface area (TPSA) is 143 Å². The summed E-state index contributed by atoms with van der Waals surface area (Å²) in [5.41, 5.74) is 3.69. The van der Waals surface area contributed by atoms with Crippen LogP contribution >= 0.6 is 0 Å². The molecular formula is C20H26N6O5S. The molecule has 1 fully saturated rings. The zero-order valence-electron chi connectivity index (χ0n) is 18.3. The van der Waals surface area contributed by atoms with Gasteiger partial charge in [-0.15, -0.1) is 0 Å². The number of hydroxylamine groups is 1. The van der Waals surface area contributed by atoms with E-state index in [9.17, 15) is 18.0 Å². The molecule has 2 aromatic rings. The number of carbonyl (C=O) groups excluding carboxylic acids is 2. The van der Waals surface area contributed by atoms with E-state index in [1.165, 1.54) is 19.3 Å². The number of rotatable bonds is 9. The average Bonchev–Trinajstić information content (AvgIpc) is 3.58. The predicted molar refractivity (Wildman–Crippen MR) is 120 cm³/mol. The number of aromatic nitrogens is 2. The van der Waals surface area contributed by atoms with Crippen LogP contribution in [0, 0.1) is 12.8 Å². The molecule has 0 aromatic carbocycles. The van der Waals surface area contributed by atoms with Crippen LogP contribution in [0.1, 0.15) is 35.8 Å². The molecule has 0 radical (unpaired) electrons. The highest BCUT2D eigenvalue weighted by Gasteiger charge is 2.30. The van der Waals surface area contributed by atoms with Gasteiger partial charge in [-0.05, 0) is 38.8 Å². The summed E-state index contributed by atoms with van der Waals surface area (Å²) in [6, 6.07) is 4.87. The van der Waals surface area contributed by atoms with Crippen molar-refractivity contribution in [2.75, 3.05) is 34.8 Å². The smallest absolute Gasteiger partial charge is 0.278 e. The van der Waals surface area contributed by atoms with Gasteiger partial charge in [0, 0.05) is 30.9 Å². The minimum Gasteiger partial charge on any atom is -0.352 e. The molecule has 1 aliphatic rings. The number of amides is 2. The number of anilines is 4. The monoisotopic (exact) mass is 462 g/mol. The van der Waals surface area contributed by atoms with Crippen LogP contribution in [0.25, 0.3) is 0 Å². The summed E-state index contributed by atoms with van der Waals surface area (Å²) >= 11 is 0. The number of nitrogens with zero attached hydrogens (tertiary/aromatic N) is 3. The van der Waals surface area contributed by atoms with Gasteiger partial charge < -0.3 is 10.6 Å². The lowest BCUT2D eigenvalue weighted by atomic mass is 10.2. The van der Waals surface area contributed by atoms with Gasteiger partial charge in [0.25, 0.3) is 5.91 Å². The van der Waals surface area contributed by atoms with Gasteiger partial charge in [0.15, 0.2) is 5.82 Å². The summed E-state index contributed by atoms with van der Waals surface area (Å²) in [7, 11) is -2.20. The Bertz CT molecular complexity index is 1130. The normalized spacial score (nSPS) is 13.4. The maximum atomic E-state index is 12.6. The summed E-state index contributed by atoms with van der Waals surface area (Å²) in [5.74, 6) is -0.297. The van der Waals surface area contributed by atoms with Crippen molar-refractivity contribution in [3.8, 4) is 0 Å². The molecule has 32 heavy (non-hydrogen) atoms. The van der Waals surface area contributed by atoms with Crippen molar-refractivity contribution in [2.24, 2.45) is 5.92 Å². The van der Waals surface area contributed by atoms with E-state index >= 15 is 0 Å². The lowest BCUT2D eigenvalue weighted by molar-refractivity contribution is -0.117. The van der Waals surface area contributed by atoms with Crippen molar-refractivity contribution in [3.63, 3.8) is 0 Å². The molecule has 2 aromatic heterocycles. The van der Waals surface area contributed by atoms with Gasteiger partial charge in [0.1, 0.15) is 5.82 Å². The van der Waals surface area contributed by atoms with Crippen molar-refractivity contribution >= 4 is 44.8 Å². The Labute approximate surface area is 186 Å². The molecule has 0 atom stereocenters. The lowest BCUT2D eigenvalue weighted by Crippen LogP contribution is -2.27. The van der Waals surface area contributed by atoms with Gasteiger partial charge in [0.05, 0.1) is 29.8 Å². The fourth-order valence-electron chi connectivity index (χ4n) is 2.76. The molecule has 172 valence electrons. The number of nitrogens with one attached hydrogen (secondary N) is 3. The van der Waals surface area contributed by atoms with Crippen LogP contribution in [0.2, 0.25) is 0 Å². The number of carbonyl (C=O) groups is 2. The van der Waals surface area contributed by atoms with E-state index in [1.807, 2.05) is 0 Å². The zero-order chi connectivity index (χ0) is 23.5. The third kappa shape index (κ3) is 5.71. The van der Waals surface area contributed by atoms with Gasteiger partial charge in [-0.1, -0.05) is 0 Å². The Morgan fingerprint density at radius 2 is 1.97 bits per heavy atom. The minimum absolute atomic E-state index is 0.0227. The van der Waals surface area contributed by atoms with Gasteiger partial charge in [-0.2, -0.15) is 0 Å². The van der Waals surface area contributed by atoms with Crippen molar-refractivity contribution in [1.82, 2.24) is 15.4 Å². The fourth-order valence-corrected chi connectivity index (χ4v) is 3.21. The molecule has 0 aliphatic heterocycles. The van der Waals surface area contributed by atoms with E-state index < -0.39 is 15.9 Å². The molecule has 3 N–H and O–H groups in total. The predicted octanol–water partition coefficient (Wildman–Crippen LogP) is 1.95. The second-order valence-corrected chi connectivity index (χ2v) is 9.44. The molecule has 0 saturated heterocycles. The molecule has 11 nitrogen and oxygen atoms in total. The van der Waals surface area contributed by atoms with Gasteiger partial charge >= 0.3 is 0 Å². The lowest BCUT2D eigenvalue weighted by Gasteiger charge is -2.21. The average molecular weight is 463 g/mol. The van der Waals surface area contributed by atoms with Gasteiger partial charge in [-0.25, -0.2) is 23.9 Å². The first-order chi connectivity index (χ1) is 15.1. The maximum absolute atomic E-state index is 12.6. The third-order valence-electron chi connectivity index (χ3n) is 4.74. The minimum atomic E-state index is -3.59. The number of pyridine rings is 2. The molecule has 0 unspecified atom stereocenters. The van der Waals surface area contributed by atoms with Crippen LogP contribution < -0.4 is 20.4 Å². The number of hydrogen-bond donors (Lipinski definition) is 3. The Morgan fingerprint density at radius 3 is 2.59 bits per heavy atom. The summed E-state index contributed by atoms with van der Waals surface area (Å²) in [6.07, 6.45) is 4.05. The molecule has 1 aliphatic carbocycles. The van der Waals surface area contributed by atoms with Gasteiger partial charge in [0.2, 0.25) is 15.9 Å². The first-order valence-electron chi connectivity index (χ1n) is 10.0. The fraction of sp³-hybridized carbons (Fsp3) is 0.400. The van der Waals surface area contributed by atoms with Crippen molar-refractivity contribution in [1.29, 1.82) is 0 Å². The van der Waals surface area contributed by atoms with E-state index in [-0.39, 0.29) is 41.3 Å². The standard InChI is InChI=1S/C20H26N6O5S/c1-5-31-25-20(28)14-11-21-17(24-19(27)13-7-8-13)10-16(14)23-15-9-6-12(2)22-18(15)26(3)32(4,29)30/h6,9-11,13H,5,7-8H2,1-4H3,(H,25,28)(H2,21,23,24,27).